The Morgan fingerprint density at radius 1 is 1.21 bits per heavy atom. The number of halogens is 3. The minimum atomic E-state index is -0.903. The Bertz CT molecular complexity index is 1770. The van der Waals surface area contributed by atoms with Crippen LogP contribution in [0.3, 0.4) is 0 Å². The molecule has 1 N–H and O–H groups in total. The zero-order valence-electron chi connectivity index (χ0n) is 19.8. The molecular weight excluding hydrogens is 686 g/mol. The predicted octanol–water partition coefficient (Wildman–Crippen LogP) is 5.15. The molecule has 192 valence electrons. The highest BCUT2D eigenvalue weighted by Gasteiger charge is 2.35. The van der Waals surface area contributed by atoms with E-state index in [0.29, 0.717) is 35.3 Å². The van der Waals surface area contributed by atoms with E-state index in [4.69, 9.17) is 9.73 Å². The van der Waals surface area contributed by atoms with E-state index in [0.717, 1.165) is 15.8 Å². The lowest BCUT2D eigenvalue weighted by atomic mass is 9.93. The van der Waals surface area contributed by atoms with Crippen molar-refractivity contribution in [2.75, 3.05) is 6.61 Å². The van der Waals surface area contributed by atoms with Gasteiger partial charge in [0.2, 0.25) is 0 Å². The lowest BCUT2D eigenvalue weighted by molar-refractivity contribution is -0.138. The van der Waals surface area contributed by atoms with Crippen LogP contribution >= 0.6 is 49.9 Å². The number of fused-ring (bicyclic) bond motifs is 1. The molecule has 0 fully saturated rings. The summed E-state index contributed by atoms with van der Waals surface area (Å²) in [6, 6.07) is 17.4. The van der Waals surface area contributed by atoms with Crippen LogP contribution < -0.4 is 14.9 Å². The van der Waals surface area contributed by atoms with Crippen molar-refractivity contribution in [1.82, 2.24) is 4.57 Å². The third-order valence-electron chi connectivity index (χ3n) is 5.90. The maximum atomic E-state index is 13.9. The van der Waals surface area contributed by atoms with Gasteiger partial charge in [-0.1, -0.05) is 69.7 Å². The number of hydrogen-bond donors (Lipinski definition) is 1. The molecule has 0 amide bonds. The van der Waals surface area contributed by atoms with Crippen molar-refractivity contribution in [2.45, 2.75) is 13.0 Å². The smallest absolute Gasteiger partial charge is 0.338 e. The van der Waals surface area contributed by atoms with Crippen LogP contribution in [0.4, 0.5) is 4.39 Å². The molecule has 1 atom stereocenters. The Kier molecular flexibility index (Phi) is 7.64. The number of carbonyl (C=O) groups is 1. The first-order valence-electron chi connectivity index (χ1n) is 11.5. The van der Waals surface area contributed by atoms with Gasteiger partial charge in [0, 0.05) is 15.6 Å². The first kappa shape index (κ1) is 26.5. The number of esters is 1. The van der Waals surface area contributed by atoms with E-state index in [1.54, 1.807) is 37.3 Å². The Morgan fingerprint density at radius 2 is 1.92 bits per heavy atom. The maximum absolute atomic E-state index is 13.9. The molecule has 0 saturated carbocycles. The molecule has 38 heavy (non-hydrogen) atoms. The van der Waals surface area contributed by atoms with E-state index < -0.39 is 23.4 Å². The summed E-state index contributed by atoms with van der Waals surface area (Å²) >= 11 is 6.59. The third kappa shape index (κ3) is 4.99. The average Bonchev–Trinajstić information content (AvgIpc) is 3.21. The molecule has 1 aromatic heterocycles. The zero-order valence-corrected chi connectivity index (χ0v) is 24.4. The van der Waals surface area contributed by atoms with Gasteiger partial charge >= 0.3 is 5.97 Å². The van der Waals surface area contributed by atoms with Gasteiger partial charge in [0.1, 0.15) is 11.6 Å². The molecule has 0 unspecified atom stereocenters. The SMILES string of the molecule is CCOC(=O)C1=C(c2ccccc2)N=c2s/c(=C\c3cc(Br)cc(I)c3O)c(=O)n2[C@@H]1c1ccc(F)cc1. The number of benzene rings is 3. The van der Waals surface area contributed by atoms with Crippen molar-refractivity contribution in [3.05, 3.63) is 123 Å². The number of rotatable bonds is 5. The standard InChI is InChI=1S/C28H19BrFIN2O4S/c1-2-37-27(36)22-23(15-6-4-3-5-7-15)32-28-33(24(22)16-8-10-19(30)11-9-16)26(35)21(38-28)13-17-12-18(29)14-20(31)25(17)34/h3-14,24,34H,2H2,1H3/b21-13-/t24-/m1/s1. The van der Waals surface area contributed by atoms with Crippen molar-refractivity contribution in [1.29, 1.82) is 0 Å². The third-order valence-corrected chi connectivity index (χ3v) is 8.17. The highest BCUT2D eigenvalue weighted by molar-refractivity contribution is 14.1. The molecule has 1 aliphatic rings. The van der Waals surface area contributed by atoms with Gasteiger partial charge in [-0.25, -0.2) is 14.2 Å². The summed E-state index contributed by atoms with van der Waals surface area (Å²) in [6.45, 7) is 1.83. The van der Waals surface area contributed by atoms with Gasteiger partial charge in [-0.2, -0.15) is 0 Å². The van der Waals surface area contributed by atoms with E-state index in [-0.39, 0.29) is 17.9 Å². The molecule has 0 bridgehead atoms. The average molecular weight is 705 g/mol. The van der Waals surface area contributed by atoms with Crippen LogP contribution in [0, 0.1) is 9.39 Å². The molecule has 6 nitrogen and oxygen atoms in total. The van der Waals surface area contributed by atoms with Crippen LogP contribution in [0.1, 0.15) is 29.7 Å². The van der Waals surface area contributed by atoms with Gasteiger partial charge in [0.15, 0.2) is 4.80 Å². The minimum absolute atomic E-state index is 0.0481. The highest BCUT2D eigenvalue weighted by Crippen LogP contribution is 2.35. The van der Waals surface area contributed by atoms with Gasteiger partial charge in [0.25, 0.3) is 5.56 Å². The summed E-state index contributed by atoms with van der Waals surface area (Å²) in [7, 11) is 0. The summed E-state index contributed by atoms with van der Waals surface area (Å²) in [6.07, 6.45) is 1.60. The molecule has 0 aliphatic carbocycles. The fourth-order valence-electron chi connectivity index (χ4n) is 4.24. The Hall–Kier alpha value is -3.09. The molecule has 2 heterocycles. The van der Waals surface area contributed by atoms with Gasteiger partial charge in [-0.15, -0.1) is 0 Å². The van der Waals surface area contributed by atoms with Crippen molar-refractivity contribution in [3.8, 4) is 5.75 Å². The van der Waals surface area contributed by atoms with E-state index in [1.807, 2.05) is 52.9 Å². The summed E-state index contributed by atoms with van der Waals surface area (Å²) < 4.78 is 22.4. The molecule has 0 saturated heterocycles. The number of thiazole rings is 1. The van der Waals surface area contributed by atoms with Gasteiger partial charge in [-0.3, -0.25) is 9.36 Å². The zero-order chi connectivity index (χ0) is 27.0. The molecule has 5 rings (SSSR count). The predicted molar refractivity (Wildman–Crippen MR) is 156 cm³/mol. The lowest BCUT2D eigenvalue weighted by Gasteiger charge is -2.25. The normalized spacial score (nSPS) is 15.3. The fraction of sp³-hybridized carbons (Fsp3) is 0.107. The monoisotopic (exact) mass is 704 g/mol. The van der Waals surface area contributed by atoms with Crippen LogP contribution in [-0.4, -0.2) is 22.2 Å². The Balaban J connectivity index is 1.84. The highest BCUT2D eigenvalue weighted by atomic mass is 127. The number of aromatic hydroxyl groups is 1. The molecule has 1 aliphatic heterocycles. The number of aromatic nitrogens is 1. The van der Waals surface area contributed by atoms with E-state index >= 15 is 0 Å². The van der Waals surface area contributed by atoms with Crippen molar-refractivity contribution in [2.24, 2.45) is 4.99 Å². The number of ether oxygens (including phenoxy) is 1. The van der Waals surface area contributed by atoms with Gasteiger partial charge in [-0.05, 0) is 65.4 Å². The molecule has 0 spiro atoms. The Morgan fingerprint density at radius 3 is 2.61 bits per heavy atom. The van der Waals surface area contributed by atoms with Crippen LogP contribution in [0.2, 0.25) is 0 Å². The molecular formula is C28H19BrFIN2O4S. The second-order valence-electron chi connectivity index (χ2n) is 8.31. The topological polar surface area (TPSA) is 80.9 Å². The van der Waals surface area contributed by atoms with Crippen molar-refractivity contribution in [3.63, 3.8) is 0 Å². The number of phenolic OH excluding ortho intramolecular Hbond substituents is 1. The molecule has 10 heteroatoms. The van der Waals surface area contributed by atoms with Gasteiger partial charge < -0.3 is 9.84 Å². The van der Waals surface area contributed by atoms with Crippen LogP contribution in [-0.2, 0) is 9.53 Å². The number of phenols is 1. The van der Waals surface area contributed by atoms with Crippen LogP contribution in [0.25, 0.3) is 11.8 Å². The number of nitrogens with zero attached hydrogens (tertiary/aromatic N) is 2. The second-order valence-corrected chi connectivity index (χ2v) is 11.4. The van der Waals surface area contributed by atoms with Crippen LogP contribution in [0.15, 0.2) is 86.6 Å². The van der Waals surface area contributed by atoms with E-state index in [2.05, 4.69) is 15.9 Å². The Labute approximate surface area is 242 Å². The number of carbonyl (C=O) groups excluding carboxylic acids is 1. The van der Waals surface area contributed by atoms with Crippen molar-refractivity contribution >= 4 is 67.6 Å². The quantitative estimate of drug-likeness (QED) is 0.230. The van der Waals surface area contributed by atoms with E-state index in [1.165, 1.54) is 16.7 Å². The minimum Gasteiger partial charge on any atom is -0.506 e. The largest absolute Gasteiger partial charge is 0.506 e. The summed E-state index contributed by atoms with van der Waals surface area (Å²) in [5.41, 5.74) is 1.84. The van der Waals surface area contributed by atoms with Gasteiger partial charge in [0.05, 0.1) is 32.0 Å². The summed E-state index contributed by atoms with van der Waals surface area (Å²) in [5.74, 6) is -1.00. The van der Waals surface area contributed by atoms with E-state index in [9.17, 15) is 19.1 Å². The molecule has 3 aromatic carbocycles. The maximum Gasteiger partial charge on any atom is 0.338 e. The lowest BCUT2D eigenvalue weighted by Crippen LogP contribution is -2.40. The summed E-state index contributed by atoms with van der Waals surface area (Å²) in [4.78, 5) is 32.4. The fourth-order valence-corrected chi connectivity index (χ4v) is 6.78. The van der Waals surface area contributed by atoms with Crippen molar-refractivity contribution < 1.29 is 19.0 Å². The molecule has 0 radical (unpaired) electrons. The first-order valence-corrected chi connectivity index (χ1v) is 14.2. The summed E-state index contributed by atoms with van der Waals surface area (Å²) in [5, 5.41) is 10.6. The molecule has 4 aromatic rings. The second kappa shape index (κ2) is 11.0. The number of hydrogen-bond acceptors (Lipinski definition) is 6. The first-order chi connectivity index (χ1) is 18.3. The van der Waals surface area contributed by atoms with Crippen LogP contribution in [0.5, 0.6) is 5.75 Å².